The molecule has 0 fully saturated rings. The lowest BCUT2D eigenvalue weighted by Crippen LogP contribution is -1.90. The Morgan fingerprint density at radius 2 is 0.868 bits per heavy atom. The molecule has 0 saturated heterocycles. The van der Waals surface area contributed by atoms with Gasteiger partial charge in [-0.1, -0.05) is 158 Å². The predicted octanol–water partition coefficient (Wildman–Crippen LogP) is 15.3. The zero-order valence-corrected chi connectivity index (χ0v) is 29.1. The van der Waals surface area contributed by atoms with Crippen molar-refractivity contribution in [3.63, 3.8) is 0 Å². The van der Waals surface area contributed by atoms with Crippen molar-refractivity contribution >= 4 is 75.3 Å². The molecule has 1 heteroatoms. The van der Waals surface area contributed by atoms with Gasteiger partial charge in [-0.2, -0.15) is 0 Å². The van der Waals surface area contributed by atoms with Crippen molar-refractivity contribution in [2.75, 3.05) is 0 Å². The first-order valence-electron chi connectivity index (χ1n) is 21.6. The molecule has 0 spiro atoms. The number of hydrogen-bond donors (Lipinski definition) is 0. The molecule has 1 heterocycles. The van der Waals surface area contributed by atoms with E-state index >= 15 is 0 Å². The minimum atomic E-state index is -0.412. The fourth-order valence-electron chi connectivity index (χ4n) is 7.90. The fraction of sp³-hybridized carbons (Fsp3) is 0. The molecular weight excluding hydrogens is 657 g/mol. The van der Waals surface area contributed by atoms with Gasteiger partial charge in [-0.3, -0.25) is 0 Å². The van der Waals surface area contributed by atoms with Crippen LogP contribution in [0.3, 0.4) is 0 Å². The van der Waals surface area contributed by atoms with Gasteiger partial charge in [0.2, 0.25) is 0 Å². The fourth-order valence-corrected chi connectivity index (χ4v) is 9.02. The molecule has 0 aliphatic heterocycles. The molecule has 0 unspecified atom stereocenters. The Morgan fingerprint density at radius 1 is 0.321 bits per heavy atom. The highest BCUT2D eigenvalue weighted by molar-refractivity contribution is 7.22. The molecule has 10 aromatic carbocycles. The molecule has 246 valence electrons. The van der Waals surface area contributed by atoms with Gasteiger partial charge in [-0.15, -0.1) is 11.3 Å². The lowest BCUT2D eigenvalue weighted by atomic mass is 9.87. The summed E-state index contributed by atoms with van der Waals surface area (Å²) in [5.41, 5.74) is 5.65. The second-order valence-electron chi connectivity index (χ2n) is 13.5. The summed E-state index contributed by atoms with van der Waals surface area (Å²) in [4.78, 5) is 0.654. The molecule has 11 rings (SSSR count). The van der Waals surface area contributed by atoms with E-state index in [1.165, 1.54) is 27.7 Å². The third-order valence-corrected chi connectivity index (χ3v) is 11.6. The van der Waals surface area contributed by atoms with Gasteiger partial charge in [0.15, 0.2) is 0 Å². The SMILES string of the molecule is [2H]c1c([2H])c([2H])c2c(-c3cc4ccccc4s3)c3c([2H])c([2H])c([2H])c([2H])c3c(-c3ccc4ccc(-c5ccc6c(ccc7ccc(-c8ccccc8)cc76)c5)cc4c3)c2c1[2H]. The average molecular weight is 697 g/mol. The van der Waals surface area contributed by atoms with Gasteiger partial charge < -0.3 is 0 Å². The molecule has 0 radical (unpaired) electrons. The monoisotopic (exact) mass is 696 g/mol. The summed E-state index contributed by atoms with van der Waals surface area (Å²) in [7, 11) is 0. The highest BCUT2D eigenvalue weighted by Crippen LogP contribution is 2.47. The van der Waals surface area contributed by atoms with Gasteiger partial charge >= 0.3 is 0 Å². The molecule has 0 N–H and O–H groups in total. The summed E-state index contributed by atoms with van der Waals surface area (Å²) in [6, 6.07) is 46.9. The van der Waals surface area contributed by atoms with E-state index in [-0.39, 0.29) is 45.7 Å². The van der Waals surface area contributed by atoms with Crippen LogP contribution in [0.2, 0.25) is 0 Å². The van der Waals surface area contributed by atoms with Gasteiger partial charge in [-0.25, -0.2) is 0 Å². The van der Waals surface area contributed by atoms with Crippen LogP contribution >= 0.6 is 11.3 Å². The topological polar surface area (TPSA) is 0 Å². The van der Waals surface area contributed by atoms with Gasteiger partial charge in [0.25, 0.3) is 0 Å². The minimum Gasteiger partial charge on any atom is -0.135 e. The van der Waals surface area contributed by atoms with Crippen LogP contribution in [0, 0.1) is 0 Å². The van der Waals surface area contributed by atoms with E-state index in [1.54, 1.807) is 0 Å². The summed E-state index contributed by atoms with van der Waals surface area (Å²) in [6.45, 7) is 0. The van der Waals surface area contributed by atoms with Crippen molar-refractivity contribution in [2.24, 2.45) is 0 Å². The molecule has 1 aromatic heterocycles. The van der Waals surface area contributed by atoms with Crippen molar-refractivity contribution < 1.29 is 11.0 Å². The molecule has 0 amide bonds. The molecule has 53 heavy (non-hydrogen) atoms. The Morgan fingerprint density at radius 3 is 1.60 bits per heavy atom. The number of benzene rings is 10. The van der Waals surface area contributed by atoms with Crippen LogP contribution in [0.25, 0.3) is 108 Å². The molecule has 0 atom stereocenters. The zero-order chi connectivity index (χ0) is 41.8. The van der Waals surface area contributed by atoms with E-state index in [9.17, 15) is 5.48 Å². The second-order valence-corrected chi connectivity index (χ2v) is 14.6. The maximum atomic E-state index is 9.38. The Hall–Kier alpha value is -6.54. The first-order valence-corrected chi connectivity index (χ1v) is 18.4. The Labute approximate surface area is 323 Å². The van der Waals surface area contributed by atoms with Crippen molar-refractivity contribution in [3.8, 4) is 43.8 Å². The normalized spacial score (nSPS) is 13.9. The summed E-state index contributed by atoms with van der Waals surface area (Å²) in [5.74, 6) is 0. The van der Waals surface area contributed by atoms with Crippen LogP contribution < -0.4 is 0 Å². The van der Waals surface area contributed by atoms with Gasteiger partial charge in [-0.05, 0) is 129 Å². The third-order valence-electron chi connectivity index (χ3n) is 10.5. The zero-order valence-electron chi connectivity index (χ0n) is 36.3. The van der Waals surface area contributed by atoms with Gasteiger partial charge in [0.05, 0.1) is 11.0 Å². The highest BCUT2D eigenvalue weighted by atomic mass is 32.1. The average Bonchev–Trinajstić information content (AvgIpc) is 3.74. The van der Waals surface area contributed by atoms with Gasteiger partial charge in [0.1, 0.15) is 0 Å². The summed E-state index contributed by atoms with van der Waals surface area (Å²) >= 11 is 1.43. The Kier molecular flexibility index (Phi) is 5.24. The largest absolute Gasteiger partial charge is 0.135 e. The van der Waals surface area contributed by atoms with E-state index in [1.807, 2.05) is 54.6 Å². The molecular formula is C52H32S. The molecule has 11 aromatic rings. The minimum absolute atomic E-state index is 0.212. The Bertz CT molecular complexity index is 3570. The van der Waals surface area contributed by atoms with Crippen LogP contribution in [-0.4, -0.2) is 0 Å². The maximum Gasteiger partial charge on any atom is 0.0629 e. The maximum absolute atomic E-state index is 9.38. The molecule has 0 aliphatic carbocycles. The van der Waals surface area contributed by atoms with Crippen LogP contribution in [0.1, 0.15) is 11.0 Å². The summed E-state index contributed by atoms with van der Waals surface area (Å²) in [5, 5.41) is 8.25. The van der Waals surface area contributed by atoms with E-state index in [0.29, 0.717) is 21.6 Å². The number of hydrogen-bond acceptors (Lipinski definition) is 1. The van der Waals surface area contributed by atoms with Gasteiger partial charge in [0, 0.05) is 15.1 Å². The van der Waals surface area contributed by atoms with Crippen molar-refractivity contribution in [2.45, 2.75) is 0 Å². The summed E-state index contributed by atoms with van der Waals surface area (Å²) < 4.78 is 73.6. The lowest BCUT2D eigenvalue weighted by molar-refractivity contribution is 1.65. The van der Waals surface area contributed by atoms with E-state index in [4.69, 9.17) is 5.48 Å². The lowest BCUT2D eigenvalue weighted by Gasteiger charge is -2.17. The predicted molar refractivity (Wildman–Crippen MR) is 231 cm³/mol. The highest BCUT2D eigenvalue weighted by Gasteiger charge is 2.18. The smallest absolute Gasteiger partial charge is 0.0629 e. The summed E-state index contributed by atoms with van der Waals surface area (Å²) in [6.07, 6.45) is 0. The van der Waals surface area contributed by atoms with E-state index in [0.717, 1.165) is 48.3 Å². The van der Waals surface area contributed by atoms with E-state index < -0.39 is 24.2 Å². The van der Waals surface area contributed by atoms with Crippen molar-refractivity contribution in [1.29, 1.82) is 0 Å². The first kappa shape index (κ1) is 23.1. The second kappa shape index (κ2) is 12.0. The van der Waals surface area contributed by atoms with Crippen LogP contribution in [0.4, 0.5) is 0 Å². The van der Waals surface area contributed by atoms with Crippen LogP contribution in [-0.2, 0) is 0 Å². The molecule has 0 bridgehead atoms. The number of fused-ring (bicyclic) bond motifs is 7. The molecule has 0 aliphatic rings. The first-order chi connectivity index (χ1) is 29.6. The van der Waals surface area contributed by atoms with Crippen LogP contribution in [0.15, 0.2) is 194 Å². The van der Waals surface area contributed by atoms with Crippen molar-refractivity contribution in [3.05, 3.63) is 194 Å². The number of thiophene rings is 1. The number of rotatable bonds is 4. The Balaban J connectivity index is 1.15. The standard InChI is InChI=1S/C52H32S/c1-2-10-33(11-3-1)38-23-20-35-21-24-39-28-37(26-27-43(39)48(35)31-38)36-22-18-34-19-25-41(30-42(34)29-36)51-44-13-5-7-15-46(44)52(47-16-8-6-14-45(47)51)50-32-40-12-4-9-17-49(40)53-50/h1-32H/i5D,6D,7D,8D,13D,14D,15D,16D. The van der Waals surface area contributed by atoms with Crippen LogP contribution in [0.5, 0.6) is 0 Å². The molecule has 0 saturated carbocycles. The van der Waals surface area contributed by atoms with Crippen molar-refractivity contribution in [1.82, 2.24) is 0 Å². The quantitative estimate of drug-likeness (QED) is 0.127. The van der Waals surface area contributed by atoms with E-state index in [2.05, 4.69) is 91.0 Å². The molecule has 0 nitrogen and oxygen atoms in total. The third kappa shape index (κ3) is 4.97.